The van der Waals surface area contributed by atoms with E-state index in [2.05, 4.69) is 10.6 Å². The number of amides is 1. The van der Waals surface area contributed by atoms with Gasteiger partial charge in [0.05, 0.1) is 6.61 Å². The quantitative estimate of drug-likeness (QED) is 0.869. The highest BCUT2D eigenvalue weighted by atomic mass is 16.5. The summed E-state index contributed by atoms with van der Waals surface area (Å²) in [5, 5.41) is 6.09. The molecule has 0 aliphatic carbocycles. The molecule has 20 heavy (non-hydrogen) atoms. The van der Waals surface area contributed by atoms with Crippen LogP contribution in [0.4, 0.5) is 16.2 Å². The molecule has 1 aromatic rings. The molecule has 1 aliphatic rings. The fourth-order valence-corrected chi connectivity index (χ4v) is 2.17. The topological polar surface area (TPSA) is 59.6 Å². The molecular weight excluding hydrogens is 256 g/mol. The Balaban J connectivity index is 1.77. The summed E-state index contributed by atoms with van der Waals surface area (Å²) in [6, 6.07) is 7.65. The minimum atomic E-state index is -0.421. The molecule has 5 heteroatoms. The number of nitrogens with one attached hydrogen (secondary N) is 2. The molecule has 0 unspecified atom stereocenters. The Labute approximate surface area is 119 Å². The summed E-state index contributed by atoms with van der Waals surface area (Å²) in [5.41, 5.74) is 1.80. The molecule has 0 atom stereocenters. The van der Waals surface area contributed by atoms with Gasteiger partial charge in [-0.1, -0.05) is 0 Å². The lowest BCUT2D eigenvalue weighted by molar-refractivity contribution is 0.0699. The lowest BCUT2D eigenvalue weighted by Crippen LogP contribution is -2.22. The first-order valence-corrected chi connectivity index (χ1v) is 7.13. The van der Waals surface area contributed by atoms with E-state index in [0.29, 0.717) is 12.5 Å². The van der Waals surface area contributed by atoms with Gasteiger partial charge in [-0.05, 0) is 49.9 Å². The molecule has 1 aliphatic heterocycles. The SMILES string of the molecule is CCOC(=O)Nc1ccc(NCC2CCOCC2)cc1. The Bertz CT molecular complexity index is 414. The monoisotopic (exact) mass is 278 g/mol. The van der Waals surface area contributed by atoms with Crippen molar-refractivity contribution in [2.45, 2.75) is 19.8 Å². The van der Waals surface area contributed by atoms with Gasteiger partial charge in [-0.3, -0.25) is 5.32 Å². The van der Waals surface area contributed by atoms with Crippen LogP contribution in [0.3, 0.4) is 0 Å². The van der Waals surface area contributed by atoms with E-state index in [1.807, 2.05) is 24.3 Å². The first-order valence-electron chi connectivity index (χ1n) is 7.13. The molecule has 2 rings (SSSR count). The predicted octanol–water partition coefficient (Wildman–Crippen LogP) is 3.09. The highest BCUT2D eigenvalue weighted by molar-refractivity contribution is 5.84. The van der Waals surface area contributed by atoms with E-state index in [-0.39, 0.29) is 0 Å². The van der Waals surface area contributed by atoms with E-state index in [4.69, 9.17) is 9.47 Å². The second-order valence-corrected chi connectivity index (χ2v) is 4.86. The van der Waals surface area contributed by atoms with Crippen molar-refractivity contribution in [1.82, 2.24) is 0 Å². The molecule has 1 fully saturated rings. The fraction of sp³-hybridized carbons (Fsp3) is 0.533. The lowest BCUT2D eigenvalue weighted by Gasteiger charge is -2.22. The fourth-order valence-electron chi connectivity index (χ4n) is 2.17. The smallest absolute Gasteiger partial charge is 0.411 e. The minimum absolute atomic E-state index is 0.372. The van der Waals surface area contributed by atoms with Crippen LogP contribution in [0, 0.1) is 5.92 Å². The van der Waals surface area contributed by atoms with Crippen LogP contribution < -0.4 is 10.6 Å². The number of benzene rings is 1. The summed E-state index contributed by atoms with van der Waals surface area (Å²) in [6.45, 7) is 4.86. The standard InChI is InChI=1S/C15H22N2O3/c1-2-20-15(18)17-14-5-3-13(4-6-14)16-11-12-7-9-19-10-8-12/h3-6,12,16H,2,7-11H2,1H3,(H,17,18). The van der Waals surface area contributed by atoms with Gasteiger partial charge >= 0.3 is 6.09 Å². The molecule has 1 aromatic carbocycles. The van der Waals surface area contributed by atoms with Gasteiger partial charge in [-0.15, -0.1) is 0 Å². The van der Waals surface area contributed by atoms with E-state index < -0.39 is 6.09 Å². The molecule has 110 valence electrons. The summed E-state index contributed by atoms with van der Waals surface area (Å²) in [4.78, 5) is 11.3. The molecule has 0 spiro atoms. The maximum absolute atomic E-state index is 11.3. The Kier molecular flexibility index (Phi) is 5.68. The Morgan fingerprint density at radius 3 is 2.55 bits per heavy atom. The number of carbonyl (C=O) groups excluding carboxylic acids is 1. The second kappa shape index (κ2) is 7.75. The number of ether oxygens (including phenoxy) is 2. The van der Waals surface area contributed by atoms with E-state index >= 15 is 0 Å². The molecule has 0 bridgehead atoms. The van der Waals surface area contributed by atoms with Crippen LogP contribution in [-0.2, 0) is 9.47 Å². The third kappa shape index (κ3) is 4.74. The van der Waals surface area contributed by atoms with Gasteiger partial charge in [-0.2, -0.15) is 0 Å². The molecule has 5 nitrogen and oxygen atoms in total. The summed E-state index contributed by atoms with van der Waals surface area (Å²) < 4.78 is 10.2. The predicted molar refractivity (Wildman–Crippen MR) is 79.1 cm³/mol. The minimum Gasteiger partial charge on any atom is -0.450 e. The summed E-state index contributed by atoms with van der Waals surface area (Å²) in [6.07, 6.45) is 1.82. The largest absolute Gasteiger partial charge is 0.450 e. The normalized spacial score (nSPS) is 15.7. The van der Waals surface area contributed by atoms with Gasteiger partial charge in [-0.25, -0.2) is 4.79 Å². The maximum Gasteiger partial charge on any atom is 0.411 e. The Morgan fingerprint density at radius 2 is 1.90 bits per heavy atom. The molecule has 0 radical (unpaired) electrons. The molecule has 1 amide bonds. The first-order chi connectivity index (χ1) is 9.78. The van der Waals surface area contributed by atoms with Crippen molar-refractivity contribution >= 4 is 17.5 Å². The summed E-state index contributed by atoms with van der Waals surface area (Å²) in [7, 11) is 0. The highest BCUT2D eigenvalue weighted by Gasteiger charge is 2.13. The Hall–Kier alpha value is -1.75. The zero-order valence-corrected chi connectivity index (χ0v) is 11.9. The van der Waals surface area contributed by atoms with Gasteiger partial charge in [0.15, 0.2) is 0 Å². The van der Waals surface area contributed by atoms with Crippen LogP contribution in [-0.4, -0.2) is 32.5 Å². The number of anilines is 2. The van der Waals surface area contributed by atoms with Gasteiger partial charge in [0, 0.05) is 31.1 Å². The molecule has 1 heterocycles. The van der Waals surface area contributed by atoms with Crippen LogP contribution >= 0.6 is 0 Å². The zero-order chi connectivity index (χ0) is 14.2. The highest BCUT2D eigenvalue weighted by Crippen LogP contribution is 2.18. The number of hydrogen-bond donors (Lipinski definition) is 2. The average molecular weight is 278 g/mol. The van der Waals surface area contributed by atoms with Crippen molar-refractivity contribution in [2.24, 2.45) is 5.92 Å². The average Bonchev–Trinajstić information content (AvgIpc) is 2.48. The molecular formula is C15H22N2O3. The van der Waals surface area contributed by atoms with Crippen LogP contribution in [0.25, 0.3) is 0 Å². The van der Waals surface area contributed by atoms with Crippen molar-refractivity contribution in [3.05, 3.63) is 24.3 Å². The van der Waals surface area contributed by atoms with E-state index in [9.17, 15) is 4.79 Å². The second-order valence-electron chi connectivity index (χ2n) is 4.86. The van der Waals surface area contributed by atoms with Gasteiger partial charge in [0.25, 0.3) is 0 Å². The molecule has 1 saturated heterocycles. The molecule has 2 N–H and O–H groups in total. The zero-order valence-electron chi connectivity index (χ0n) is 11.9. The van der Waals surface area contributed by atoms with Crippen molar-refractivity contribution in [3.8, 4) is 0 Å². The number of carbonyl (C=O) groups is 1. The van der Waals surface area contributed by atoms with Crippen LogP contribution in [0.5, 0.6) is 0 Å². The van der Waals surface area contributed by atoms with Crippen LogP contribution in [0.2, 0.25) is 0 Å². The van der Waals surface area contributed by atoms with E-state index in [0.717, 1.165) is 44.0 Å². The molecule has 0 aromatic heterocycles. The van der Waals surface area contributed by atoms with Crippen molar-refractivity contribution < 1.29 is 14.3 Å². The van der Waals surface area contributed by atoms with Gasteiger partial charge in [0.2, 0.25) is 0 Å². The summed E-state index contributed by atoms with van der Waals surface area (Å²) in [5.74, 6) is 0.682. The third-order valence-corrected chi connectivity index (χ3v) is 3.34. The van der Waals surface area contributed by atoms with Gasteiger partial charge in [0.1, 0.15) is 0 Å². The van der Waals surface area contributed by atoms with Crippen molar-refractivity contribution in [3.63, 3.8) is 0 Å². The number of rotatable bonds is 5. The van der Waals surface area contributed by atoms with E-state index in [1.54, 1.807) is 6.92 Å². The first kappa shape index (κ1) is 14.7. The van der Waals surface area contributed by atoms with Crippen molar-refractivity contribution in [1.29, 1.82) is 0 Å². The third-order valence-electron chi connectivity index (χ3n) is 3.34. The molecule has 0 saturated carbocycles. The maximum atomic E-state index is 11.3. The van der Waals surface area contributed by atoms with Gasteiger partial charge < -0.3 is 14.8 Å². The van der Waals surface area contributed by atoms with Crippen LogP contribution in [0.15, 0.2) is 24.3 Å². The van der Waals surface area contributed by atoms with E-state index in [1.165, 1.54) is 0 Å². The lowest BCUT2D eigenvalue weighted by atomic mass is 10.0. The summed E-state index contributed by atoms with van der Waals surface area (Å²) >= 11 is 0. The van der Waals surface area contributed by atoms with Crippen LogP contribution in [0.1, 0.15) is 19.8 Å². The Morgan fingerprint density at radius 1 is 1.25 bits per heavy atom. The number of hydrogen-bond acceptors (Lipinski definition) is 4. The van der Waals surface area contributed by atoms with Crippen molar-refractivity contribution in [2.75, 3.05) is 37.0 Å².